The number of rotatable bonds is 2. The fourth-order valence-corrected chi connectivity index (χ4v) is 3.14. The van der Waals surface area contributed by atoms with Gasteiger partial charge in [0.15, 0.2) is 0 Å². The van der Waals surface area contributed by atoms with Gasteiger partial charge in [-0.25, -0.2) is 0 Å². The van der Waals surface area contributed by atoms with Crippen LogP contribution in [0.15, 0.2) is 16.6 Å². The lowest BCUT2D eigenvalue weighted by molar-refractivity contribution is 0.394. The maximum Gasteiger partial charge on any atom is 0.130 e. The molecular formula is C13H17BrO. The fraction of sp³-hybridized carbons (Fsp3) is 0.538. The standard InChI is InChI=1S/C13H17BrO/c1-3-13(4-2)6-5-9-7-12(15)11(14)8-10(9)13/h7-8,15H,3-6H2,1-2H3. The minimum Gasteiger partial charge on any atom is -0.507 e. The summed E-state index contributed by atoms with van der Waals surface area (Å²) in [6.45, 7) is 4.53. The summed E-state index contributed by atoms with van der Waals surface area (Å²) in [5.41, 5.74) is 3.13. The monoisotopic (exact) mass is 268 g/mol. The molecule has 1 aliphatic carbocycles. The van der Waals surface area contributed by atoms with Crippen molar-refractivity contribution in [2.75, 3.05) is 0 Å². The molecule has 0 heterocycles. The third-order valence-electron chi connectivity index (χ3n) is 3.97. The highest BCUT2D eigenvalue weighted by atomic mass is 79.9. The maximum atomic E-state index is 9.65. The lowest BCUT2D eigenvalue weighted by Crippen LogP contribution is -2.20. The van der Waals surface area contributed by atoms with E-state index in [1.165, 1.54) is 30.4 Å². The van der Waals surface area contributed by atoms with Gasteiger partial charge >= 0.3 is 0 Å². The first kappa shape index (κ1) is 11.0. The lowest BCUT2D eigenvalue weighted by atomic mass is 9.77. The van der Waals surface area contributed by atoms with Crippen molar-refractivity contribution in [2.24, 2.45) is 0 Å². The number of halogens is 1. The second kappa shape index (κ2) is 3.82. The van der Waals surface area contributed by atoms with Gasteiger partial charge in [-0.2, -0.15) is 0 Å². The van der Waals surface area contributed by atoms with E-state index < -0.39 is 0 Å². The zero-order chi connectivity index (χ0) is 11.1. The molecule has 0 unspecified atom stereocenters. The van der Waals surface area contributed by atoms with Gasteiger partial charge in [0, 0.05) is 0 Å². The van der Waals surface area contributed by atoms with E-state index in [2.05, 4.69) is 35.8 Å². The molecule has 0 atom stereocenters. The number of aryl methyl sites for hydroxylation is 1. The molecule has 1 aromatic rings. The van der Waals surface area contributed by atoms with Gasteiger partial charge in [-0.1, -0.05) is 13.8 Å². The highest BCUT2D eigenvalue weighted by molar-refractivity contribution is 9.10. The van der Waals surface area contributed by atoms with E-state index in [9.17, 15) is 5.11 Å². The van der Waals surface area contributed by atoms with Gasteiger partial charge in [0.25, 0.3) is 0 Å². The molecule has 0 saturated carbocycles. The predicted octanol–water partition coefficient (Wildman–Crippen LogP) is 4.16. The van der Waals surface area contributed by atoms with E-state index in [-0.39, 0.29) is 0 Å². The van der Waals surface area contributed by atoms with Gasteiger partial charge in [0.05, 0.1) is 4.47 Å². The van der Waals surface area contributed by atoms with Crippen LogP contribution in [0.4, 0.5) is 0 Å². The Kier molecular flexibility index (Phi) is 2.80. The summed E-state index contributed by atoms with van der Waals surface area (Å²) in [4.78, 5) is 0. The minimum atomic E-state index is 0.353. The molecule has 15 heavy (non-hydrogen) atoms. The molecule has 82 valence electrons. The van der Waals surface area contributed by atoms with Crippen LogP contribution in [0, 0.1) is 0 Å². The van der Waals surface area contributed by atoms with Crippen molar-refractivity contribution in [3.8, 4) is 5.75 Å². The van der Waals surface area contributed by atoms with Crippen molar-refractivity contribution < 1.29 is 5.11 Å². The zero-order valence-electron chi connectivity index (χ0n) is 9.31. The number of aromatic hydroxyl groups is 1. The van der Waals surface area contributed by atoms with Crippen molar-refractivity contribution in [1.29, 1.82) is 0 Å². The van der Waals surface area contributed by atoms with E-state index >= 15 is 0 Å². The molecule has 0 amide bonds. The summed E-state index contributed by atoms with van der Waals surface area (Å²) in [5.74, 6) is 0.372. The number of hydrogen-bond donors (Lipinski definition) is 1. The Hall–Kier alpha value is -0.500. The van der Waals surface area contributed by atoms with Crippen molar-refractivity contribution >= 4 is 15.9 Å². The molecular weight excluding hydrogens is 252 g/mol. The van der Waals surface area contributed by atoms with Gasteiger partial charge in [0.2, 0.25) is 0 Å². The molecule has 0 saturated heterocycles. The molecule has 0 bridgehead atoms. The first-order valence-electron chi connectivity index (χ1n) is 5.65. The number of fused-ring (bicyclic) bond motifs is 1. The molecule has 2 rings (SSSR count). The van der Waals surface area contributed by atoms with Crippen LogP contribution < -0.4 is 0 Å². The molecule has 1 aromatic carbocycles. The van der Waals surface area contributed by atoms with Crippen LogP contribution in [0.1, 0.15) is 44.2 Å². The van der Waals surface area contributed by atoms with Crippen LogP contribution in [-0.2, 0) is 11.8 Å². The van der Waals surface area contributed by atoms with E-state index in [4.69, 9.17) is 0 Å². The van der Waals surface area contributed by atoms with Crippen molar-refractivity contribution in [3.63, 3.8) is 0 Å². The molecule has 1 nitrogen and oxygen atoms in total. The average molecular weight is 269 g/mol. The highest BCUT2D eigenvalue weighted by Gasteiger charge is 2.35. The SMILES string of the molecule is CCC1(CC)CCc2cc(O)c(Br)cc21. The molecule has 0 radical (unpaired) electrons. The minimum absolute atomic E-state index is 0.353. The molecule has 0 aliphatic heterocycles. The van der Waals surface area contributed by atoms with E-state index in [0.717, 1.165) is 10.9 Å². The van der Waals surface area contributed by atoms with E-state index in [0.29, 0.717) is 11.2 Å². The lowest BCUT2D eigenvalue weighted by Gasteiger charge is -2.27. The van der Waals surface area contributed by atoms with Gasteiger partial charge in [-0.3, -0.25) is 0 Å². The molecule has 0 spiro atoms. The number of phenols is 1. The van der Waals surface area contributed by atoms with E-state index in [1.807, 2.05) is 6.07 Å². The molecule has 0 fully saturated rings. The summed E-state index contributed by atoms with van der Waals surface area (Å²) >= 11 is 3.41. The smallest absolute Gasteiger partial charge is 0.130 e. The summed E-state index contributed by atoms with van der Waals surface area (Å²) in [7, 11) is 0. The number of phenolic OH excluding ortho intramolecular Hbond substituents is 1. The van der Waals surface area contributed by atoms with Crippen molar-refractivity contribution in [1.82, 2.24) is 0 Å². The summed E-state index contributed by atoms with van der Waals surface area (Å²) in [5, 5.41) is 9.65. The average Bonchev–Trinajstić information content (AvgIpc) is 2.58. The van der Waals surface area contributed by atoms with Gasteiger partial charge < -0.3 is 5.11 Å². The third-order valence-corrected chi connectivity index (χ3v) is 4.61. The van der Waals surface area contributed by atoms with Crippen molar-refractivity contribution in [2.45, 2.75) is 44.9 Å². The molecule has 1 N–H and O–H groups in total. The van der Waals surface area contributed by atoms with Crippen LogP contribution in [0.2, 0.25) is 0 Å². The summed E-state index contributed by atoms with van der Waals surface area (Å²) in [6.07, 6.45) is 4.71. The van der Waals surface area contributed by atoms with Crippen molar-refractivity contribution in [3.05, 3.63) is 27.7 Å². The molecule has 0 aromatic heterocycles. The Labute approximate surface area is 99.6 Å². The Morgan fingerprint density at radius 1 is 1.33 bits per heavy atom. The van der Waals surface area contributed by atoms with Crippen LogP contribution in [-0.4, -0.2) is 5.11 Å². The first-order chi connectivity index (χ1) is 7.13. The Bertz CT molecular complexity index is 380. The van der Waals surface area contributed by atoms with Crippen LogP contribution in [0.3, 0.4) is 0 Å². The maximum absolute atomic E-state index is 9.65. The Morgan fingerprint density at radius 2 is 2.00 bits per heavy atom. The zero-order valence-corrected chi connectivity index (χ0v) is 10.9. The number of hydrogen-bond acceptors (Lipinski definition) is 1. The van der Waals surface area contributed by atoms with Gasteiger partial charge in [-0.15, -0.1) is 0 Å². The van der Waals surface area contributed by atoms with Gasteiger partial charge in [-0.05, 0) is 70.3 Å². The summed E-state index contributed by atoms with van der Waals surface area (Å²) < 4.78 is 0.828. The second-order valence-corrected chi connectivity index (χ2v) is 5.30. The second-order valence-electron chi connectivity index (χ2n) is 4.45. The Balaban J connectivity index is 2.55. The molecule has 1 aliphatic rings. The predicted molar refractivity (Wildman–Crippen MR) is 66.4 cm³/mol. The topological polar surface area (TPSA) is 20.2 Å². The van der Waals surface area contributed by atoms with Gasteiger partial charge in [0.1, 0.15) is 5.75 Å². The summed E-state index contributed by atoms with van der Waals surface area (Å²) in [6, 6.07) is 4.04. The Morgan fingerprint density at radius 3 is 2.60 bits per heavy atom. The van der Waals surface area contributed by atoms with Crippen LogP contribution in [0.5, 0.6) is 5.75 Å². The molecule has 2 heteroatoms. The largest absolute Gasteiger partial charge is 0.507 e. The van der Waals surface area contributed by atoms with Crippen LogP contribution >= 0.6 is 15.9 Å². The van der Waals surface area contributed by atoms with E-state index in [1.54, 1.807) is 0 Å². The van der Waals surface area contributed by atoms with Crippen LogP contribution in [0.25, 0.3) is 0 Å². The highest BCUT2D eigenvalue weighted by Crippen LogP contribution is 2.46. The fourth-order valence-electron chi connectivity index (χ4n) is 2.80. The first-order valence-corrected chi connectivity index (χ1v) is 6.44. The third kappa shape index (κ3) is 1.59. The normalized spacial score (nSPS) is 17.8. The quantitative estimate of drug-likeness (QED) is 0.854. The number of benzene rings is 1.